The van der Waals surface area contributed by atoms with Crippen LogP contribution in [0.5, 0.6) is 11.5 Å². The normalized spacial score (nSPS) is 10.6. The number of rotatable bonds is 8. The summed E-state index contributed by atoms with van der Waals surface area (Å²) in [6.45, 7) is 0.628. The van der Waals surface area contributed by atoms with E-state index in [1.54, 1.807) is 24.3 Å². The van der Waals surface area contributed by atoms with Crippen LogP contribution in [0.4, 0.5) is 0 Å². The molecular formula is C25H21NO5. The Kier molecular flexibility index (Phi) is 6.28. The molecule has 156 valence electrons. The molecule has 4 rings (SSSR count). The number of nitrogens with one attached hydrogen (secondary N) is 1. The molecule has 6 heteroatoms. The maximum atomic E-state index is 12.3. The molecule has 0 atom stereocenters. The van der Waals surface area contributed by atoms with E-state index in [1.807, 2.05) is 54.6 Å². The Hall–Kier alpha value is -4.06. The predicted octanol–water partition coefficient (Wildman–Crippen LogP) is 4.07. The van der Waals surface area contributed by atoms with Gasteiger partial charge in [-0.15, -0.1) is 0 Å². The lowest BCUT2D eigenvalue weighted by Crippen LogP contribution is -2.28. The lowest BCUT2D eigenvalue weighted by atomic mass is 10.1. The van der Waals surface area contributed by atoms with E-state index >= 15 is 0 Å². The Bertz CT molecular complexity index is 1230. The van der Waals surface area contributed by atoms with Gasteiger partial charge in [-0.05, 0) is 41.5 Å². The van der Waals surface area contributed by atoms with Crippen LogP contribution >= 0.6 is 0 Å². The molecule has 0 bridgehead atoms. The second kappa shape index (κ2) is 9.63. The third kappa shape index (κ3) is 5.51. The molecule has 0 aliphatic heterocycles. The van der Waals surface area contributed by atoms with Crippen LogP contribution in [0, 0.1) is 0 Å². The zero-order valence-corrected chi connectivity index (χ0v) is 16.7. The molecule has 0 saturated carbocycles. The quantitative estimate of drug-likeness (QED) is 0.439. The maximum Gasteiger partial charge on any atom is 0.336 e. The van der Waals surface area contributed by atoms with Gasteiger partial charge in [-0.2, -0.15) is 0 Å². The second-order valence-corrected chi connectivity index (χ2v) is 6.89. The molecule has 1 amide bonds. The van der Waals surface area contributed by atoms with Gasteiger partial charge in [-0.25, -0.2) is 4.79 Å². The number of amides is 1. The average molecular weight is 415 g/mol. The molecule has 0 spiro atoms. The second-order valence-electron chi connectivity index (χ2n) is 6.89. The number of carbonyl (C=O) groups excluding carboxylic acids is 1. The van der Waals surface area contributed by atoms with Gasteiger partial charge in [-0.1, -0.05) is 42.5 Å². The van der Waals surface area contributed by atoms with Crippen LogP contribution in [-0.2, 0) is 17.9 Å². The van der Waals surface area contributed by atoms with Crippen molar-refractivity contribution in [3.8, 4) is 11.5 Å². The number of ether oxygens (including phenoxy) is 2. The van der Waals surface area contributed by atoms with E-state index in [2.05, 4.69) is 5.32 Å². The molecule has 0 radical (unpaired) electrons. The molecular weight excluding hydrogens is 394 g/mol. The van der Waals surface area contributed by atoms with E-state index in [0.29, 0.717) is 24.5 Å². The molecule has 0 saturated heterocycles. The number of hydrogen-bond acceptors (Lipinski definition) is 5. The lowest BCUT2D eigenvalue weighted by Gasteiger charge is -2.12. The van der Waals surface area contributed by atoms with Crippen molar-refractivity contribution in [2.24, 2.45) is 0 Å². The average Bonchev–Trinajstić information content (AvgIpc) is 2.81. The van der Waals surface area contributed by atoms with Crippen LogP contribution in [0.3, 0.4) is 0 Å². The number of benzene rings is 3. The number of carbonyl (C=O) groups is 1. The Labute approximate surface area is 179 Å². The summed E-state index contributed by atoms with van der Waals surface area (Å²) in [5, 5.41) is 3.64. The van der Waals surface area contributed by atoms with Crippen LogP contribution in [-0.4, -0.2) is 12.5 Å². The first-order valence-corrected chi connectivity index (χ1v) is 9.85. The molecule has 0 fully saturated rings. The summed E-state index contributed by atoms with van der Waals surface area (Å²) in [4.78, 5) is 23.6. The molecule has 1 N–H and O–H groups in total. The van der Waals surface area contributed by atoms with Gasteiger partial charge in [0.1, 0.15) is 23.7 Å². The SMILES string of the molecule is O=C(COc1ccc2ccc(=O)oc2c1)NCc1ccccc1COc1ccccc1. The summed E-state index contributed by atoms with van der Waals surface area (Å²) >= 11 is 0. The minimum atomic E-state index is -0.433. The minimum Gasteiger partial charge on any atom is -0.489 e. The van der Waals surface area contributed by atoms with Crippen molar-refractivity contribution in [1.82, 2.24) is 5.32 Å². The number of hydrogen-bond donors (Lipinski definition) is 1. The summed E-state index contributed by atoms with van der Waals surface area (Å²) in [6, 6.07) is 25.5. The minimum absolute atomic E-state index is 0.148. The Morgan fingerprint density at radius 1 is 0.806 bits per heavy atom. The number of fused-ring (bicyclic) bond motifs is 1. The molecule has 6 nitrogen and oxygen atoms in total. The Morgan fingerprint density at radius 3 is 2.39 bits per heavy atom. The first-order chi connectivity index (χ1) is 15.2. The molecule has 4 aromatic rings. The third-order valence-corrected chi connectivity index (χ3v) is 4.70. The van der Waals surface area contributed by atoms with Gasteiger partial charge in [0.2, 0.25) is 0 Å². The van der Waals surface area contributed by atoms with E-state index in [-0.39, 0.29) is 12.5 Å². The van der Waals surface area contributed by atoms with Crippen molar-refractivity contribution in [3.05, 3.63) is 106 Å². The molecule has 0 aliphatic carbocycles. The van der Waals surface area contributed by atoms with Gasteiger partial charge < -0.3 is 19.2 Å². The van der Waals surface area contributed by atoms with Crippen LogP contribution in [0.1, 0.15) is 11.1 Å². The highest BCUT2D eigenvalue weighted by molar-refractivity contribution is 5.79. The first-order valence-electron chi connectivity index (χ1n) is 9.85. The fourth-order valence-electron chi connectivity index (χ4n) is 3.07. The molecule has 31 heavy (non-hydrogen) atoms. The van der Waals surface area contributed by atoms with Gasteiger partial charge >= 0.3 is 5.63 Å². The Morgan fingerprint density at radius 2 is 1.55 bits per heavy atom. The highest BCUT2D eigenvalue weighted by Crippen LogP contribution is 2.19. The van der Waals surface area contributed by atoms with E-state index in [1.165, 1.54) is 6.07 Å². The summed E-state index contributed by atoms with van der Waals surface area (Å²) < 4.78 is 16.5. The fraction of sp³-hybridized carbons (Fsp3) is 0.120. The van der Waals surface area contributed by atoms with Crippen LogP contribution in [0.15, 0.2) is 94.1 Å². The van der Waals surface area contributed by atoms with Crippen LogP contribution < -0.4 is 20.4 Å². The molecule has 3 aromatic carbocycles. The smallest absolute Gasteiger partial charge is 0.336 e. The molecule has 0 aliphatic rings. The largest absolute Gasteiger partial charge is 0.489 e. The van der Waals surface area contributed by atoms with Crippen molar-refractivity contribution in [2.45, 2.75) is 13.2 Å². The van der Waals surface area contributed by atoms with Crippen molar-refractivity contribution in [1.29, 1.82) is 0 Å². The molecule has 0 unspecified atom stereocenters. The van der Waals surface area contributed by atoms with Crippen molar-refractivity contribution >= 4 is 16.9 Å². The highest BCUT2D eigenvalue weighted by Gasteiger charge is 2.08. The van der Waals surface area contributed by atoms with Crippen LogP contribution in [0.25, 0.3) is 11.0 Å². The van der Waals surface area contributed by atoms with E-state index in [0.717, 1.165) is 22.3 Å². The molecule has 1 heterocycles. The van der Waals surface area contributed by atoms with Crippen molar-refractivity contribution < 1.29 is 18.7 Å². The summed E-state index contributed by atoms with van der Waals surface area (Å²) in [5.41, 5.74) is 1.95. The zero-order valence-electron chi connectivity index (χ0n) is 16.7. The molecule has 1 aromatic heterocycles. The lowest BCUT2D eigenvalue weighted by molar-refractivity contribution is -0.123. The van der Waals surface area contributed by atoms with Gasteiger partial charge in [-0.3, -0.25) is 4.79 Å². The summed E-state index contributed by atoms with van der Waals surface area (Å²) in [5.74, 6) is 0.989. The number of para-hydroxylation sites is 1. The monoisotopic (exact) mass is 415 g/mol. The fourth-order valence-corrected chi connectivity index (χ4v) is 3.07. The third-order valence-electron chi connectivity index (χ3n) is 4.70. The first kappa shape index (κ1) is 20.2. The van der Waals surface area contributed by atoms with Crippen molar-refractivity contribution in [2.75, 3.05) is 6.61 Å². The van der Waals surface area contributed by atoms with Gasteiger partial charge in [0.05, 0.1) is 0 Å². The van der Waals surface area contributed by atoms with Gasteiger partial charge in [0, 0.05) is 24.1 Å². The van der Waals surface area contributed by atoms with Gasteiger partial charge in [0.15, 0.2) is 6.61 Å². The van der Waals surface area contributed by atoms with E-state index in [9.17, 15) is 9.59 Å². The standard InChI is InChI=1S/C25H21NO5/c27-24(17-30-22-12-10-18-11-13-25(28)31-23(18)14-22)26-15-19-6-4-5-7-20(19)16-29-21-8-2-1-3-9-21/h1-14H,15-17H2,(H,26,27). The Balaban J connectivity index is 1.31. The van der Waals surface area contributed by atoms with Crippen LogP contribution in [0.2, 0.25) is 0 Å². The maximum absolute atomic E-state index is 12.3. The highest BCUT2D eigenvalue weighted by atomic mass is 16.5. The predicted molar refractivity (Wildman–Crippen MR) is 117 cm³/mol. The zero-order chi connectivity index (χ0) is 21.5. The topological polar surface area (TPSA) is 77.8 Å². The van der Waals surface area contributed by atoms with Gasteiger partial charge in [0.25, 0.3) is 5.91 Å². The summed E-state index contributed by atoms with van der Waals surface area (Å²) in [7, 11) is 0. The van der Waals surface area contributed by atoms with Crippen molar-refractivity contribution in [3.63, 3.8) is 0 Å². The summed E-state index contributed by atoms with van der Waals surface area (Å²) in [6.07, 6.45) is 0. The van der Waals surface area contributed by atoms with E-state index < -0.39 is 5.63 Å². The van der Waals surface area contributed by atoms with E-state index in [4.69, 9.17) is 13.9 Å².